The molecule has 0 unspecified atom stereocenters. The minimum atomic E-state index is 0.728. The smallest absolute Gasteiger partial charge is 0.0234 e. The molecule has 0 spiro atoms. The fraction of sp³-hybridized carbons (Fsp3) is 0.600. The zero-order chi connectivity index (χ0) is 11.5. The Bertz CT molecular complexity index is 335. The van der Waals surface area contributed by atoms with E-state index in [1.54, 1.807) is 0 Å². The first-order valence-corrected chi connectivity index (χ1v) is 6.90. The van der Waals surface area contributed by atoms with Crippen LogP contribution >= 0.6 is 0 Å². The summed E-state index contributed by atoms with van der Waals surface area (Å²) >= 11 is 0. The number of benzene rings is 1. The molecule has 0 amide bonds. The van der Waals surface area contributed by atoms with E-state index >= 15 is 0 Å². The highest BCUT2D eigenvalue weighted by molar-refractivity contribution is 5.14. The van der Waals surface area contributed by atoms with Gasteiger partial charge in [-0.05, 0) is 30.9 Å². The molecule has 1 aromatic rings. The van der Waals surface area contributed by atoms with E-state index in [-0.39, 0.29) is 0 Å². The molecule has 1 aromatic carbocycles. The number of rotatable bonds is 2. The molecule has 2 saturated heterocycles. The molecule has 0 aromatic heterocycles. The van der Waals surface area contributed by atoms with Gasteiger partial charge in [0.05, 0.1) is 0 Å². The van der Waals surface area contributed by atoms with E-state index in [0.717, 1.165) is 18.5 Å². The third kappa shape index (κ3) is 2.88. The van der Waals surface area contributed by atoms with Crippen LogP contribution in [0.1, 0.15) is 24.8 Å². The van der Waals surface area contributed by atoms with Gasteiger partial charge in [-0.3, -0.25) is 4.90 Å². The van der Waals surface area contributed by atoms with Crippen molar-refractivity contribution in [1.82, 2.24) is 10.2 Å². The Balaban J connectivity index is 1.67. The lowest BCUT2D eigenvalue weighted by molar-refractivity contribution is 0.211. The van der Waals surface area contributed by atoms with Crippen LogP contribution in [0, 0.1) is 5.92 Å². The van der Waals surface area contributed by atoms with Crippen LogP contribution in [-0.4, -0.2) is 30.6 Å². The van der Waals surface area contributed by atoms with E-state index in [9.17, 15) is 0 Å². The van der Waals surface area contributed by atoms with Gasteiger partial charge in [-0.2, -0.15) is 0 Å². The third-order valence-electron chi connectivity index (χ3n) is 4.10. The SMILES string of the molecule is c1ccc(CN2C[C@@H]3CCC[C@@H](C2)NC3)cc1. The van der Waals surface area contributed by atoms with Crippen LogP contribution in [0.25, 0.3) is 0 Å². The van der Waals surface area contributed by atoms with Gasteiger partial charge in [0.1, 0.15) is 0 Å². The summed E-state index contributed by atoms with van der Waals surface area (Å²) in [5.74, 6) is 0.867. The molecule has 3 rings (SSSR count). The van der Waals surface area contributed by atoms with E-state index in [0.29, 0.717) is 0 Å². The highest BCUT2D eigenvalue weighted by Gasteiger charge is 2.26. The predicted molar refractivity (Wildman–Crippen MR) is 70.9 cm³/mol. The summed E-state index contributed by atoms with van der Waals surface area (Å²) in [6.07, 6.45) is 4.19. The molecular weight excluding hydrogens is 208 g/mol. The normalized spacial score (nSPS) is 29.9. The first-order chi connectivity index (χ1) is 8.40. The lowest BCUT2D eigenvalue weighted by Gasteiger charge is -2.28. The molecule has 17 heavy (non-hydrogen) atoms. The van der Waals surface area contributed by atoms with Crippen LogP contribution in [0.3, 0.4) is 0 Å². The number of nitrogens with one attached hydrogen (secondary N) is 1. The molecule has 0 saturated carbocycles. The average Bonchev–Trinajstić information content (AvgIpc) is 2.64. The molecule has 2 nitrogen and oxygen atoms in total. The molecule has 2 aliphatic rings. The second-order valence-corrected chi connectivity index (χ2v) is 5.58. The third-order valence-corrected chi connectivity index (χ3v) is 4.10. The Morgan fingerprint density at radius 2 is 2.00 bits per heavy atom. The van der Waals surface area contributed by atoms with Crippen LogP contribution in [0.4, 0.5) is 0 Å². The van der Waals surface area contributed by atoms with Crippen LogP contribution < -0.4 is 5.32 Å². The molecule has 0 aliphatic carbocycles. The van der Waals surface area contributed by atoms with Gasteiger partial charge < -0.3 is 5.32 Å². The van der Waals surface area contributed by atoms with Crippen molar-refractivity contribution in [3.63, 3.8) is 0 Å². The predicted octanol–water partition coefficient (Wildman–Crippen LogP) is 2.26. The number of hydrogen-bond donors (Lipinski definition) is 1. The van der Waals surface area contributed by atoms with Crippen molar-refractivity contribution in [2.75, 3.05) is 19.6 Å². The zero-order valence-electron chi connectivity index (χ0n) is 10.4. The topological polar surface area (TPSA) is 15.3 Å². The fourth-order valence-electron chi connectivity index (χ4n) is 3.22. The van der Waals surface area contributed by atoms with Gasteiger partial charge in [-0.1, -0.05) is 36.8 Å². The summed E-state index contributed by atoms with van der Waals surface area (Å²) in [5, 5.41) is 3.72. The van der Waals surface area contributed by atoms with Crippen molar-refractivity contribution in [3.05, 3.63) is 35.9 Å². The first-order valence-electron chi connectivity index (χ1n) is 6.90. The van der Waals surface area contributed by atoms with E-state index in [1.807, 2.05) is 0 Å². The van der Waals surface area contributed by atoms with Crippen molar-refractivity contribution in [2.45, 2.75) is 31.8 Å². The second kappa shape index (κ2) is 5.19. The summed E-state index contributed by atoms with van der Waals surface area (Å²) in [7, 11) is 0. The standard InChI is InChI=1S/C15H22N2/c1-2-5-13(6-3-1)10-17-11-14-7-4-8-15(12-17)16-9-14/h1-3,5-6,14-16H,4,7-12H2/t14-,15+/m1/s1. The molecular formula is C15H22N2. The van der Waals surface area contributed by atoms with Gasteiger partial charge in [-0.25, -0.2) is 0 Å². The minimum Gasteiger partial charge on any atom is -0.312 e. The average molecular weight is 230 g/mol. The summed E-state index contributed by atoms with van der Waals surface area (Å²) in [6, 6.07) is 11.6. The van der Waals surface area contributed by atoms with Crippen LogP contribution in [0.2, 0.25) is 0 Å². The number of likely N-dealkylation sites (tertiary alicyclic amines) is 1. The van der Waals surface area contributed by atoms with Gasteiger partial charge in [0.25, 0.3) is 0 Å². The molecule has 2 aliphatic heterocycles. The second-order valence-electron chi connectivity index (χ2n) is 5.58. The van der Waals surface area contributed by atoms with Gasteiger partial charge in [0, 0.05) is 25.7 Å². The lowest BCUT2D eigenvalue weighted by atomic mass is 9.99. The van der Waals surface area contributed by atoms with Crippen molar-refractivity contribution in [1.29, 1.82) is 0 Å². The Hall–Kier alpha value is -0.860. The van der Waals surface area contributed by atoms with Gasteiger partial charge in [0.2, 0.25) is 0 Å². The maximum atomic E-state index is 3.72. The van der Waals surface area contributed by atoms with E-state index in [1.165, 1.54) is 44.5 Å². The molecule has 2 fully saturated rings. The highest BCUT2D eigenvalue weighted by atomic mass is 15.2. The van der Waals surface area contributed by atoms with Gasteiger partial charge in [-0.15, -0.1) is 0 Å². The monoisotopic (exact) mass is 230 g/mol. The summed E-state index contributed by atoms with van der Waals surface area (Å²) in [6.45, 7) is 4.86. The molecule has 92 valence electrons. The van der Waals surface area contributed by atoms with Crippen LogP contribution in [-0.2, 0) is 6.54 Å². The maximum absolute atomic E-state index is 3.72. The zero-order valence-corrected chi connectivity index (χ0v) is 10.4. The summed E-state index contributed by atoms with van der Waals surface area (Å²) in [5.41, 5.74) is 1.45. The van der Waals surface area contributed by atoms with Crippen LogP contribution in [0.15, 0.2) is 30.3 Å². The summed E-state index contributed by atoms with van der Waals surface area (Å²) in [4.78, 5) is 2.64. The minimum absolute atomic E-state index is 0.728. The Labute approximate surface area is 104 Å². The van der Waals surface area contributed by atoms with Crippen molar-refractivity contribution in [2.24, 2.45) is 5.92 Å². The van der Waals surface area contributed by atoms with E-state index < -0.39 is 0 Å². The number of nitrogens with zero attached hydrogens (tertiary/aromatic N) is 1. The highest BCUT2D eigenvalue weighted by Crippen LogP contribution is 2.21. The quantitative estimate of drug-likeness (QED) is 0.838. The Morgan fingerprint density at radius 3 is 2.88 bits per heavy atom. The van der Waals surface area contributed by atoms with Crippen LogP contribution in [0.5, 0.6) is 0 Å². The van der Waals surface area contributed by atoms with E-state index in [2.05, 4.69) is 40.5 Å². The maximum Gasteiger partial charge on any atom is 0.0234 e. The molecule has 2 heterocycles. The Kier molecular flexibility index (Phi) is 3.44. The molecule has 2 heteroatoms. The number of hydrogen-bond acceptors (Lipinski definition) is 2. The largest absolute Gasteiger partial charge is 0.312 e. The van der Waals surface area contributed by atoms with Crippen molar-refractivity contribution in [3.8, 4) is 0 Å². The van der Waals surface area contributed by atoms with E-state index in [4.69, 9.17) is 0 Å². The molecule has 0 radical (unpaired) electrons. The van der Waals surface area contributed by atoms with Crippen molar-refractivity contribution < 1.29 is 0 Å². The molecule has 2 atom stereocenters. The summed E-state index contributed by atoms with van der Waals surface area (Å²) < 4.78 is 0. The van der Waals surface area contributed by atoms with Gasteiger partial charge >= 0.3 is 0 Å². The number of fused-ring (bicyclic) bond motifs is 3. The molecule has 1 N–H and O–H groups in total. The van der Waals surface area contributed by atoms with Gasteiger partial charge in [0.15, 0.2) is 0 Å². The van der Waals surface area contributed by atoms with Crippen molar-refractivity contribution >= 4 is 0 Å². The fourth-order valence-corrected chi connectivity index (χ4v) is 3.22. The lowest BCUT2D eigenvalue weighted by Crippen LogP contribution is -2.37. The Morgan fingerprint density at radius 1 is 1.12 bits per heavy atom. The molecule has 2 bridgehead atoms. The first kappa shape index (κ1) is 11.2.